The van der Waals surface area contributed by atoms with Crippen LogP contribution in [0.4, 0.5) is 0 Å². The van der Waals surface area contributed by atoms with Gasteiger partial charge in [0.15, 0.2) is 0 Å². The van der Waals surface area contributed by atoms with Crippen LogP contribution in [0.15, 0.2) is 17.5 Å². The second-order valence-electron chi connectivity index (χ2n) is 6.44. The molecule has 1 aromatic rings. The first kappa shape index (κ1) is 17.5. The lowest BCUT2D eigenvalue weighted by Gasteiger charge is -2.24. The minimum absolute atomic E-state index is 0.130. The normalized spacial score (nSPS) is 17.9. The molecule has 1 atom stereocenters. The molecule has 1 aromatic heterocycles. The van der Waals surface area contributed by atoms with Gasteiger partial charge >= 0.3 is 5.97 Å². The number of ether oxygens (including phenoxy) is 1. The average molecular weight is 338 g/mol. The fourth-order valence-corrected chi connectivity index (χ4v) is 3.16. The van der Waals surface area contributed by atoms with E-state index in [-0.39, 0.29) is 18.4 Å². The van der Waals surface area contributed by atoms with Crippen molar-refractivity contribution in [2.45, 2.75) is 45.3 Å². The van der Waals surface area contributed by atoms with Crippen LogP contribution in [0, 0.1) is 0 Å². The Balaban J connectivity index is 1.91. The number of esters is 1. The molecule has 2 amide bonds. The van der Waals surface area contributed by atoms with Crippen molar-refractivity contribution in [2.24, 2.45) is 0 Å². The summed E-state index contributed by atoms with van der Waals surface area (Å²) in [6.07, 6.45) is 1.39. The van der Waals surface area contributed by atoms with Crippen molar-refractivity contribution in [1.82, 2.24) is 10.2 Å². The highest BCUT2D eigenvalue weighted by atomic mass is 32.1. The van der Waals surface area contributed by atoms with Crippen LogP contribution in [-0.4, -0.2) is 47.4 Å². The summed E-state index contributed by atoms with van der Waals surface area (Å²) >= 11 is 1.36. The van der Waals surface area contributed by atoms with Crippen LogP contribution >= 0.6 is 11.3 Å². The van der Waals surface area contributed by atoms with Crippen LogP contribution in [0.5, 0.6) is 0 Å². The number of nitrogens with zero attached hydrogens (tertiary/aromatic N) is 1. The standard InChI is InChI=1S/C16H22N2O4S/c1-16(2,3)22-13(19)10-17-14(20)11-6-4-8-18(11)15(21)12-7-5-9-23-12/h5,7,9,11H,4,6,8,10H2,1-3H3,(H,17,20)/t11-/m0/s1. The lowest BCUT2D eigenvalue weighted by atomic mass is 10.2. The molecule has 1 N–H and O–H groups in total. The van der Waals surface area contributed by atoms with Gasteiger partial charge in [-0.25, -0.2) is 0 Å². The molecule has 0 bridgehead atoms. The highest BCUT2D eigenvalue weighted by Crippen LogP contribution is 2.22. The van der Waals surface area contributed by atoms with E-state index in [0.29, 0.717) is 17.8 Å². The van der Waals surface area contributed by atoms with E-state index in [2.05, 4.69) is 5.32 Å². The zero-order valence-electron chi connectivity index (χ0n) is 13.6. The zero-order chi connectivity index (χ0) is 17.0. The maximum atomic E-state index is 12.4. The summed E-state index contributed by atoms with van der Waals surface area (Å²) in [5.41, 5.74) is -0.587. The molecule has 0 saturated carbocycles. The fraction of sp³-hybridized carbons (Fsp3) is 0.562. The minimum Gasteiger partial charge on any atom is -0.459 e. The minimum atomic E-state index is -0.587. The summed E-state index contributed by atoms with van der Waals surface area (Å²) in [6, 6.07) is 3.04. The molecule has 23 heavy (non-hydrogen) atoms. The molecule has 0 unspecified atom stereocenters. The number of hydrogen-bond acceptors (Lipinski definition) is 5. The summed E-state index contributed by atoms with van der Waals surface area (Å²) in [5, 5.41) is 4.41. The van der Waals surface area contributed by atoms with Gasteiger partial charge in [0.2, 0.25) is 5.91 Å². The Morgan fingerprint density at radius 3 is 2.74 bits per heavy atom. The Labute approximate surface area is 139 Å². The predicted molar refractivity (Wildman–Crippen MR) is 87.2 cm³/mol. The van der Waals surface area contributed by atoms with E-state index in [4.69, 9.17) is 4.74 Å². The van der Waals surface area contributed by atoms with Crippen molar-refractivity contribution in [2.75, 3.05) is 13.1 Å². The third-order valence-electron chi connectivity index (χ3n) is 3.38. The summed E-state index contributed by atoms with van der Waals surface area (Å²) in [4.78, 5) is 38.6. The van der Waals surface area contributed by atoms with Crippen molar-refractivity contribution >= 4 is 29.1 Å². The summed E-state index contributed by atoms with van der Waals surface area (Å²) in [6.45, 7) is 5.68. The van der Waals surface area contributed by atoms with Gasteiger partial charge in [-0.05, 0) is 45.1 Å². The molecular weight excluding hydrogens is 316 g/mol. The first-order chi connectivity index (χ1) is 10.8. The number of carbonyl (C=O) groups excluding carboxylic acids is 3. The number of nitrogens with one attached hydrogen (secondary N) is 1. The zero-order valence-corrected chi connectivity index (χ0v) is 14.4. The Morgan fingerprint density at radius 2 is 2.13 bits per heavy atom. The number of hydrogen-bond donors (Lipinski definition) is 1. The third-order valence-corrected chi connectivity index (χ3v) is 4.23. The number of carbonyl (C=O) groups is 3. The SMILES string of the molecule is CC(C)(C)OC(=O)CNC(=O)[C@@H]1CCCN1C(=O)c1cccs1. The maximum absolute atomic E-state index is 12.4. The Bertz CT molecular complexity index is 577. The van der Waals surface area contributed by atoms with Crippen LogP contribution in [0.25, 0.3) is 0 Å². The van der Waals surface area contributed by atoms with Crippen molar-refractivity contribution in [3.63, 3.8) is 0 Å². The van der Waals surface area contributed by atoms with E-state index in [0.717, 1.165) is 6.42 Å². The van der Waals surface area contributed by atoms with Crippen molar-refractivity contribution in [1.29, 1.82) is 0 Å². The van der Waals surface area contributed by atoms with Gasteiger partial charge < -0.3 is 15.0 Å². The molecule has 0 aromatic carbocycles. The average Bonchev–Trinajstić information content (AvgIpc) is 3.12. The second-order valence-corrected chi connectivity index (χ2v) is 7.39. The molecule has 2 heterocycles. The summed E-state index contributed by atoms with van der Waals surface area (Å²) in [5.74, 6) is -0.923. The van der Waals surface area contributed by atoms with Crippen LogP contribution < -0.4 is 5.32 Å². The summed E-state index contributed by atoms with van der Waals surface area (Å²) < 4.78 is 5.15. The van der Waals surface area contributed by atoms with Gasteiger partial charge in [-0.1, -0.05) is 6.07 Å². The smallest absolute Gasteiger partial charge is 0.325 e. The van der Waals surface area contributed by atoms with Crippen LogP contribution in [0.1, 0.15) is 43.3 Å². The topological polar surface area (TPSA) is 75.7 Å². The first-order valence-electron chi connectivity index (χ1n) is 7.62. The number of rotatable bonds is 4. The highest BCUT2D eigenvalue weighted by Gasteiger charge is 2.35. The van der Waals surface area contributed by atoms with Gasteiger partial charge in [-0.15, -0.1) is 11.3 Å². The Kier molecular flexibility index (Phi) is 5.41. The van der Waals surface area contributed by atoms with E-state index in [1.165, 1.54) is 11.3 Å². The lowest BCUT2D eigenvalue weighted by Crippen LogP contribution is -2.47. The van der Waals surface area contributed by atoms with E-state index in [1.54, 1.807) is 31.7 Å². The quantitative estimate of drug-likeness (QED) is 0.850. The largest absolute Gasteiger partial charge is 0.459 e. The molecule has 0 radical (unpaired) electrons. The monoisotopic (exact) mass is 338 g/mol. The van der Waals surface area contributed by atoms with E-state index >= 15 is 0 Å². The number of likely N-dealkylation sites (tertiary alicyclic amines) is 1. The molecule has 0 aliphatic carbocycles. The highest BCUT2D eigenvalue weighted by molar-refractivity contribution is 7.12. The van der Waals surface area contributed by atoms with Crippen molar-refractivity contribution in [3.8, 4) is 0 Å². The Morgan fingerprint density at radius 1 is 1.39 bits per heavy atom. The molecule has 1 fully saturated rings. The molecule has 6 nitrogen and oxygen atoms in total. The Hall–Kier alpha value is -1.89. The van der Waals surface area contributed by atoms with Gasteiger partial charge in [-0.3, -0.25) is 14.4 Å². The molecular formula is C16H22N2O4S. The van der Waals surface area contributed by atoms with E-state index < -0.39 is 17.6 Å². The van der Waals surface area contributed by atoms with Crippen LogP contribution in [0.3, 0.4) is 0 Å². The molecule has 2 rings (SSSR count). The number of thiophene rings is 1. The van der Waals surface area contributed by atoms with Gasteiger partial charge in [0.25, 0.3) is 5.91 Å². The van der Waals surface area contributed by atoms with Gasteiger partial charge in [0, 0.05) is 6.54 Å². The molecule has 0 spiro atoms. The first-order valence-corrected chi connectivity index (χ1v) is 8.50. The maximum Gasteiger partial charge on any atom is 0.325 e. The molecule has 1 aliphatic heterocycles. The van der Waals surface area contributed by atoms with E-state index in [1.807, 2.05) is 11.4 Å². The van der Waals surface area contributed by atoms with Crippen molar-refractivity contribution in [3.05, 3.63) is 22.4 Å². The summed E-state index contributed by atoms with van der Waals surface area (Å²) in [7, 11) is 0. The van der Waals surface area contributed by atoms with Gasteiger partial charge in [-0.2, -0.15) is 0 Å². The number of amides is 2. The lowest BCUT2D eigenvalue weighted by molar-refractivity contribution is -0.154. The molecule has 126 valence electrons. The van der Waals surface area contributed by atoms with Gasteiger partial charge in [0.05, 0.1) is 4.88 Å². The molecule has 7 heteroatoms. The molecule has 1 saturated heterocycles. The van der Waals surface area contributed by atoms with Crippen LogP contribution in [0.2, 0.25) is 0 Å². The van der Waals surface area contributed by atoms with Gasteiger partial charge in [0.1, 0.15) is 18.2 Å². The fourth-order valence-electron chi connectivity index (χ4n) is 2.48. The van der Waals surface area contributed by atoms with Crippen molar-refractivity contribution < 1.29 is 19.1 Å². The second kappa shape index (κ2) is 7.12. The third kappa shape index (κ3) is 4.79. The van der Waals surface area contributed by atoms with Crippen LogP contribution in [-0.2, 0) is 14.3 Å². The molecule has 1 aliphatic rings. The predicted octanol–water partition coefficient (Wildman–Crippen LogP) is 1.81. The van der Waals surface area contributed by atoms with E-state index in [9.17, 15) is 14.4 Å².